The summed E-state index contributed by atoms with van der Waals surface area (Å²) in [5.74, 6) is -1.20. The number of ether oxygens (including phenoxy) is 1. The minimum Gasteiger partial charge on any atom is -0.452 e. The van der Waals surface area contributed by atoms with Crippen LogP contribution < -0.4 is 5.32 Å². The van der Waals surface area contributed by atoms with E-state index in [9.17, 15) is 9.59 Å². The van der Waals surface area contributed by atoms with E-state index in [0.717, 1.165) is 0 Å². The fourth-order valence-corrected chi connectivity index (χ4v) is 2.08. The van der Waals surface area contributed by atoms with Crippen molar-refractivity contribution in [2.24, 2.45) is 5.92 Å². The van der Waals surface area contributed by atoms with Crippen molar-refractivity contribution in [1.29, 1.82) is 5.26 Å². The molecule has 0 aliphatic rings. The third-order valence-corrected chi connectivity index (χ3v) is 4.02. The molecule has 7 heteroatoms. The van der Waals surface area contributed by atoms with Gasteiger partial charge in [0.1, 0.15) is 10.6 Å². The zero-order chi connectivity index (χ0) is 16.8. The van der Waals surface area contributed by atoms with Crippen LogP contribution in [0.2, 0.25) is 0 Å². The summed E-state index contributed by atoms with van der Waals surface area (Å²) in [7, 11) is 0. The van der Waals surface area contributed by atoms with Gasteiger partial charge in [-0.15, -0.1) is 11.8 Å². The number of pyridine rings is 1. The van der Waals surface area contributed by atoms with Crippen LogP contribution in [0.4, 0.5) is 0 Å². The van der Waals surface area contributed by atoms with Crippen LogP contribution in [0.25, 0.3) is 0 Å². The van der Waals surface area contributed by atoms with E-state index in [1.54, 1.807) is 31.5 Å². The normalized spacial score (nSPS) is 13.1. The highest BCUT2D eigenvalue weighted by Gasteiger charge is 2.30. The number of hydrogen-bond donors (Lipinski definition) is 1. The molecule has 22 heavy (non-hydrogen) atoms. The summed E-state index contributed by atoms with van der Waals surface area (Å²) in [6.45, 7) is 4.85. The molecule has 0 radical (unpaired) electrons. The molecular weight excluding hydrogens is 302 g/mol. The van der Waals surface area contributed by atoms with E-state index in [1.165, 1.54) is 11.8 Å². The van der Waals surface area contributed by atoms with Crippen LogP contribution in [0.1, 0.15) is 31.1 Å². The molecule has 0 fully saturated rings. The minimum atomic E-state index is -0.998. The molecule has 0 aliphatic heterocycles. The fourth-order valence-electron chi connectivity index (χ4n) is 1.54. The number of aromatic nitrogens is 1. The largest absolute Gasteiger partial charge is 0.452 e. The van der Waals surface area contributed by atoms with E-state index in [-0.39, 0.29) is 5.92 Å². The molecule has 1 aromatic heterocycles. The summed E-state index contributed by atoms with van der Waals surface area (Å²) in [5, 5.41) is 12.3. The highest BCUT2D eigenvalue weighted by Crippen LogP contribution is 2.18. The van der Waals surface area contributed by atoms with Crippen LogP contribution in [-0.4, -0.2) is 35.3 Å². The standard InChI is InChI=1S/C15H19N3O3S/c1-10(2)15(3,9-16)18-12(19)8-21-14(20)11-6-5-7-17-13(11)22-4/h5-7,10H,8H2,1-4H3,(H,18,19)/t15-/m1/s1. The SMILES string of the molecule is CSc1ncccc1C(=O)OCC(=O)N[C@](C)(C#N)C(C)C. The Morgan fingerprint density at radius 1 is 1.55 bits per heavy atom. The predicted octanol–water partition coefficient (Wildman–Crippen LogP) is 2.01. The average molecular weight is 321 g/mol. The molecule has 0 spiro atoms. The second kappa shape index (κ2) is 7.80. The van der Waals surface area contributed by atoms with Crippen molar-refractivity contribution in [2.75, 3.05) is 12.9 Å². The zero-order valence-corrected chi connectivity index (χ0v) is 13.9. The Bertz CT molecular complexity index is 598. The van der Waals surface area contributed by atoms with Crippen LogP contribution in [-0.2, 0) is 9.53 Å². The Kier molecular flexibility index (Phi) is 6.38. The Morgan fingerprint density at radius 3 is 2.77 bits per heavy atom. The first kappa shape index (κ1) is 18.0. The van der Waals surface area contributed by atoms with Crippen molar-refractivity contribution < 1.29 is 14.3 Å². The maximum Gasteiger partial charge on any atom is 0.341 e. The summed E-state index contributed by atoms with van der Waals surface area (Å²) in [5.41, 5.74) is -0.683. The molecule has 1 rings (SSSR count). The molecule has 0 unspecified atom stereocenters. The van der Waals surface area contributed by atoms with Gasteiger partial charge >= 0.3 is 5.97 Å². The summed E-state index contributed by atoms with van der Waals surface area (Å²) in [4.78, 5) is 27.9. The molecule has 1 heterocycles. The smallest absolute Gasteiger partial charge is 0.341 e. The van der Waals surface area contributed by atoms with Crippen molar-refractivity contribution in [2.45, 2.75) is 31.3 Å². The van der Waals surface area contributed by atoms with Gasteiger partial charge in [0.15, 0.2) is 6.61 Å². The Balaban J connectivity index is 2.65. The van der Waals surface area contributed by atoms with Gasteiger partial charge in [-0.05, 0) is 31.2 Å². The van der Waals surface area contributed by atoms with Gasteiger partial charge in [-0.2, -0.15) is 5.26 Å². The van der Waals surface area contributed by atoms with Gasteiger partial charge in [-0.25, -0.2) is 9.78 Å². The van der Waals surface area contributed by atoms with Crippen molar-refractivity contribution in [3.8, 4) is 6.07 Å². The molecule has 0 aromatic carbocycles. The molecule has 6 nitrogen and oxygen atoms in total. The zero-order valence-electron chi connectivity index (χ0n) is 13.0. The number of thioether (sulfide) groups is 1. The van der Waals surface area contributed by atoms with Gasteiger partial charge in [0.05, 0.1) is 11.6 Å². The van der Waals surface area contributed by atoms with E-state index in [4.69, 9.17) is 10.00 Å². The molecular formula is C15H19N3O3S. The van der Waals surface area contributed by atoms with Crippen molar-refractivity contribution in [3.63, 3.8) is 0 Å². The molecule has 1 N–H and O–H groups in total. The van der Waals surface area contributed by atoms with E-state index in [2.05, 4.69) is 16.4 Å². The van der Waals surface area contributed by atoms with Crippen molar-refractivity contribution in [1.82, 2.24) is 10.3 Å². The highest BCUT2D eigenvalue weighted by molar-refractivity contribution is 7.98. The summed E-state index contributed by atoms with van der Waals surface area (Å²) < 4.78 is 4.99. The molecule has 1 atom stereocenters. The van der Waals surface area contributed by atoms with Gasteiger partial charge in [-0.3, -0.25) is 4.79 Å². The Morgan fingerprint density at radius 2 is 2.23 bits per heavy atom. The molecule has 118 valence electrons. The fraction of sp³-hybridized carbons (Fsp3) is 0.467. The number of esters is 1. The van der Waals surface area contributed by atoms with Crippen LogP contribution >= 0.6 is 11.8 Å². The molecule has 0 saturated heterocycles. The third-order valence-electron chi connectivity index (χ3n) is 3.30. The lowest BCUT2D eigenvalue weighted by molar-refractivity contribution is -0.125. The maximum atomic E-state index is 12.0. The van der Waals surface area contributed by atoms with Crippen LogP contribution in [0.5, 0.6) is 0 Å². The van der Waals surface area contributed by atoms with E-state index in [1.807, 2.05) is 13.8 Å². The number of nitrogens with zero attached hydrogens (tertiary/aromatic N) is 2. The van der Waals surface area contributed by atoms with Crippen LogP contribution in [0, 0.1) is 17.2 Å². The number of carbonyl (C=O) groups excluding carboxylic acids is 2. The number of hydrogen-bond acceptors (Lipinski definition) is 6. The molecule has 0 aliphatic carbocycles. The summed E-state index contributed by atoms with van der Waals surface area (Å²) in [6.07, 6.45) is 3.38. The minimum absolute atomic E-state index is 0.0708. The lowest BCUT2D eigenvalue weighted by Crippen LogP contribution is -2.50. The third kappa shape index (κ3) is 4.46. The Hall–Kier alpha value is -2.07. The first-order valence-electron chi connectivity index (χ1n) is 6.72. The van der Waals surface area contributed by atoms with E-state index < -0.39 is 24.0 Å². The Labute approximate surface area is 134 Å². The number of rotatable bonds is 6. The lowest BCUT2D eigenvalue weighted by atomic mass is 9.90. The molecule has 0 saturated carbocycles. The monoisotopic (exact) mass is 321 g/mol. The van der Waals surface area contributed by atoms with Gasteiger partial charge < -0.3 is 10.1 Å². The molecule has 1 amide bonds. The maximum absolute atomic E-state index is 12.0. The van der Waals surface area contributed by atoms with Gasteiger partial charge in [0.25, 0.3) is 5.91 Å². The quantitative estimate of drug-likeness (QED) is 0.636. The topological polar surface area (TPSA) is 92.1 Å². The van der Waals surface area contributed by atoms with Crippen LogP contribution in [0.15, 0.2) is 23.4 Å². The van der Waals surface area contributed by atoms with Crippen molar-refractivity contribution in [3.05, 3.63) is 23.9 Å². The second-order valence-electron chi connectivity index (χ2n) is 5.15. The predicted molar refractivity (Wildman–Crippen MR) is 83.3 cm³/mol. The number of carbonyl (C=O) groups is 2. The van der Waals surface area contributed by atoms with E-state index >= 15 is 0 Å². The summed E-state index contributed by atoms with van der Waals surface area (Å²) >= 11 is 1.32. The second-order valence-corrected chi connectivity index (χ2v) is 5.95. The number of nitriles is 1. The summed E-state index contributed by atoms with van der Waals surface area (Å²) in [6, 6.07) is 5.28. The molecule has 0 bridgehead atoms. The van der Waals surface area contributed by atoms with Gasteiger partial charge in [0, 0.05) is 6.20 Å². The van der Waals surface area contributed by atoms with Gasteiger partial charge in [-0.1, -0.05) is 13.8 Å². The number of amides is 1. The molecule has 1 aromatic rings. The highest BCUT2D eigenvalue weighted by atomic mass is 32.2. The average Bonchev–Trinajstić information content (AvgIpc) is 2.52. The van der Waals surface area contributed by atoms with Gasteiger partial charge in [0.2, 0.25) is 0 Å². The van der Waals surface area contributed by atoms with Crippen molar-refractivity contribution >= 4 is 23.6 Å². The first-order chi connectivity index (χ1) is 10.3. The van der Waals surface area contributed by atoms with Crippen LogP contribution in [0.3, 0.4) is 0 Å². The number of nitrogens with one attached hydrogen (secondary N) is 1. The lowest BCUT2D eigenvalue weighted by Gasteiger charge is -2.27. The van der Waals surface area contributed by atoms with E-state index in [0.29, 0.717) is 10.6 Å². The first-order valence-corrected chi connectivity index (χ1v) is 7.95.